The second kappa shape index (κ2) is 8.64. The molecule has 0 bridgehead atoms. The second-order valence-electron chi connectivity index (χ2n) is 5.57. The topological polar surface area (TPSA) is 84.9 Å². The highest BCUT2D eigenvalue weighted by Crippen LogP contribution is 2.35. The summed E-state index contributed by atoms with van der Waals surface area (Å²) in [6, 6.07) is 7.38. The van der Waals surface area contributed by atoms with Gasteiger partial charge in [-0.25, -0.2) is 0 Å². The van der Waals surface area contributed by atoms with Crippen molar-refractivity contribution in [1.29, 1.82) is 0 Å². The largest absolute Gasteiger partial charge is 0.481 e. The minimum absolute atomic E-state index is 0.224. The van der Waals surface area contributed by atoms with Gasteiger partial charge in [-0.15, -0.1) is 0 Å². The van der Waals surface area contributed by atoms with Crippen LogP contribution in [0.3, 0.4) is 0 Å². The molecule has 0 heterocycles. The minimum Gasteiger partial charge on any atom is -0.481 e. The maximum atomic E-state index is 12.1. The van der Waals surface area contributed by atoms with Crippen LogP contribution in [-0.4, -0.2) is 36.8 Å². The molecule has 6 nitrogen and oxygen atoms in total. The Bertz CT molecular complexity index is 546. The highest BCUT2D eigenvalue weighted by Gasteiger charge is 2.41. The molecule has 1 aromatic carbocycles. The van der Waals surface area contributed by atoms with Gasteiger partial charge < -0.3 is 19.9 Å². The molecule has 0 saturated heterocycles. The molecule has 126 valence electrons. The second-order valence-corrected chi connectivity index (χ2v) is 5.57. The van der Waals surface area contributed by atoms with Crippen molar-refractivity contribution >= 4 is 17.6 Å². The molecule has 2 N–H and O–H groups in total. The van der Waals surface area contributed by atoms with Gasteiger partial charge in [0.15, 0.2) is 0 Å². The van der Waals surface area contributed by atoms with E-state index in [0.29, 0.717) is 45.0 Å². The SMILES string of the molecule is CCOCCOCc1cccc(NC(=O)C2CCC2C(=O)O)c1. The third-order valence-electron chi connectivity index (χ3n) is 3.97. The molecule has 2 atom stereocenters. The van der Waals surface area contributed by atoms with Crippen LogP contribution in [0.25, 0.3) is 0 Å². The van der Waals surface area contributed by atoms with Crippen LogP contribution in [0.2, 0.25) is 0 Å². The molecule has 0 aromatic heterocycles. The number of carboxylic acids is 1. The summed E-state index contributed by atoms with van der Waals surface area (Å²) in [7, 11) is 0. The monoisotopic (exact) mass is 321 g/mol. The predicted octanol–water partition coefficient (Wildman–Crippen LogP) is 2.29. The summed E-state index contributed by atoms with van der Waals surface area (Å²) in [6.45, 7) is 4.13. The number of nitrogens with one attached hydrogen (secondary N) is 1. The molecule has 1 aromatic rings. The van der Waals surface area contributed by atoms with E-state index in [9.17, 15) is 9.59 Å². The van der Waals surface area contributed by atoms with E-state index in [4.69, 9.17) is 14.6 Å². The first kappa shape index (κ1) is 17.4. The first-order valence-corrected chi connectivity index (χ1v) is 7.90. The normalized spacial score (nSPS) is 19.9. The summed E-state index contributed by atoms with van der Waals surface area (Å²) < 4.78 is 10.7. The predicted molar refractivity (Wildman–Crippen MR) is 85.1 cm³/mol. The molecule has 1 aliphatic rings. The van der Waals surface area contributed by atoms with Crippen molar-refractivity contribution in [3.05, 3.63) is 29.8 Å². The van der Waals surface area contributed by atoms with E-state index in [0.717, 1.165) is 5.56 Å². The third kappa shape index (κ3) is 5.04. The average molecular weight is 321 g/mol. The standard InChI is InChI=1S/C17H23NO5/c1-2-22-8-9-23-11-12-4-3-5-13(10-12)18-16(19)14-6-7-15(14)17(20)21/h3-5,10,14-15H,2,6-9,11H2,1H3,(H,18,19)(H,20,21). The fourth-order valence-electron chi connectivity index (χ4n) is 2.54. The first-order chi connectivity index (χ1) is 11.1. The summed E-state index contributed by atoms with van der Waals surface area (Å²) in [6.07, 6.45) is 1.20. The molecular weight excluding hydrogens is 298 g/mol. The number of hydrogen-bond donors (Lipinski definition) is 2. The van der Waals surface area contributed by atoms with Gasteiger partial charge in [0.05, 0.1) is 31.7 Å². The summed E-state index contributed by atoms with van der Waals surface area (Å²) in [5, 5.41) is 11.8. The van der Waals surface area contributed by atoms with Crippen LogP contribution in [0, 0.1) is 11.8 Å². The first-order valence-electron chi connectivity index (χ1n) is 7.90. The zero-order chi connectivity index (χ0) is 16.7. The Labute approximate surface area is 135 Å². The molecule has 2 rings (SSSR count). The van der Waals surface area contributed by atoms with E-state index in [2.05, 4.69) is 5.32 Å². The molecule has 0 radical (unpaired) electrons. The number of benzene rings is 1. The van der Waals surface area contributed by atoms with E-state index in [-0.39, 0.29) is 5.91 Å². The zero-order valence-corrected chi connectivity index (χ0v) is 13.3. The van der Waals surface area contributed by atoms with Gasteiger partial charge in [0.2, 0.25) is 5.91 Å². The van der Waals surface area contributed by atoms with Crippen LogP contribution in [0.4, 0.5) is 5.69 Å². The number of aliphatic carboxylic acids is 1. The van der Waals surface area contributed by atoms with Gasteiger partial charge in [0.1, 0.15) is 0 Å². The van der Waals surface area contributed by atoms with E-state index in [1.54, 1.807) is 6.07 Å². The maximum Gasteiger partial charge on any atom is 0.307 e. The van der Waals surface area contributed by atoms with Crippen molar-refractivity contribution in [1.82, 2.24) is 0 Å². The molecule has 1 fully saturated rings. The molecule has 1 saturated carbocycles. The Morgan fingerprint density at radius 2 is 1.96 bits per heavy atom. The van der Waals surface area contributed by atoms with Gasteiger partial charge in [-0.3, -0.25) is 9.59 Å². The fraction of sp³-hybridized carbons (Fsp3) is 0.529. The highest BCUT2D eigenvalue weighted by atomic mass is 16.5. The number of rotatable bonds is 9. The van der Waals surface area contributed by atoms with Crippen LogP contribution < -0.4 is 5.32 Å². The van der Waals surface area contributed by atoms with Crippen molar-refractivity contribution in [3.8, 4) is 0 Å². The van der Waals surface area contributed by atoms with Crippen molar-refractivity contribution in [2.24, 2.45) is 11.8 Å². The lowest BCUT2D eigenvalue weighted by Gasteiger charge is -2.31. The summed E-state index contributed by atoms with van der Waals surface area (Å²) in [5.41, 5.74) is 1.61. The van der Waals surface area contributed by atoms with E-state index < -0.39 is 17.8 Å². The highest BCUT2D eigenvalue weighted by molar-refractivity contribution is 5.96. The van der Waals surface area contributed by atoms with Crippen molar-refractivity contribution in [2.75, 3.05) is 25.1 Å². The van der Waals surface area contributed by atoms with Gasteiger partial charge in [0.25, 0.3) is 0 Å². The smallest absolute Gasteiger partial charge is 0.307 e. The van der Waals surface area contributed by atoms with Crippen molar-refractivity contribution in [3.63, 3.8) is 0 Å². The summed E-state index contributed by atoms with van der Waals surface area (Å²) >= 11 is 0. The third-order valence-corrected chi connectivity index (χ3v) is 3.97. The number of carboxylic acid groups (broad SMARTS) is 1. The Kier molecular flexibility index (Phi) is 6.55. The molecule has 23 heavy (non-hydrogen) atoms. The molecular formula is C17H23NO5. The lowest BCUT2D eigenvalue weighted by atomic mass is 9.73. The molecule has 2 unspecified atom stereocenters. The molecule has 1 aliphatic carbocycles. The van der Waals surface area contributed by atoms with Crippen LogP contribution in [-0.2, 0) is 25.7 Å². The molecule has 1 amide bonds. The van der Waals surface area contributed by atoms with Crippen molar-refractivity contribution in [2.45, 2.75) is 26.4 Å². The minimum atomic E-state index is -0.896. The Balaban J connectivity index is 1.82. The summed E-state index contributed by atoms with van der Waals surface area (Å²) in [5.74, 6) is -2.11. The molecule has 0 spiro atoms. The fourth-order valence-corrected chi connectivity index (χ4v) is 2.54. The molecule has 6 heteroatoms. The quantitative estimate of drug-likeness (QED) is 0.682. The van der Waals surface area contributed by atoms with Crippen LogP contribution in [0.1, 0.15) is 25.3 Å². The van der Waals surface area contributed by atoms with Crippen LogP contribution in [0.15, 0.2) is 24.3 Å². The van der Waals surface area contributed by atoms with Gasteiger partial charge >= 0.3 is 5.97 Å². The van der Waals surface area contributed by atoms with Gasteiger partial charge in [-0.2, -0.15) is 0 Å². The van der Waals surface area contributed by atoms with Crippen LogP contribution in [0.5, 0.6) is 0 Å². The van der Waals surface area contributed by atoms with Gasteiger partial charge in [-0.1, -0.05) is 12.1 Å². The van der Waals surface area contributed by atoms with Crippen molar-refractivity contribution < 1.29 is 24.2 Å². The van der Waals surface area contributed by atoms with Crippen LogP contribution >= 0.6 is 0 Å². The Morgan fingerprint density at radius 3 is 2.61 bits per heavy atom. The number of amides is 1. The average Bonchev–Trinajstić information content (AvgIpc) is 2.45. The van der Waals surface area contributed by atoms with E-state index in [1.165, 1.54) is 0 Å². The number of anilines is 1. The zero-order valence-electron chi connectivity index (χ0n) is 13.3. The number of carbonyl (C=O) groups is 2. The summed E-state index contributed by atoms with van der Waals surface area (Å²) in [4.78, 5) is 23.1. The Morgan fingerprint density at radius 1 is 1.22 bits per heavy atom. The lowest BCUT2D eigenvalue weighted by molar-refractivity contribution is -0.151. The number of carbonyl (C=O) groups excluding carboxylic acids is 1. The number of hydrogen-bond acceptors (Lipinski definition) is 4. The maximum absolute atomic E-state index is 12.1. The Hall–Kier alpha value is -1.92. The molecule has 0 aliphatic heterocycles. The lowest BCUT2D eigenvalue weighted by Crippen LogP contribution is -2.41. The van der Waals surface area contributed by atoms with E-state index >= 15 is 0 Å². The van der Waals surface area contributed by atoms with Gasteiger partial charge in [-0.05, 0) is 37.5 Å². The number of ether oxygens (including phenoxy) is 2. The van der Waals surface area contributed by atoms with Gasteiger partial charge in [0, 0.05) is 12.3 Å². The van der Waals surface area contributed by atoms with E-state index in [1.807, 2.05) is 25.1 Å².